The van der Waals surface area contributed by atoms with Crippen molar-refractivity contribution in [1.82, 2.24) is 4.72 Å². The number of ether oxygens (including phenoxy) is 1. The maximum atomic E-state index is 12.1. The van der Waals surface area contributed by atoms with Crippen molar-refractivity contribution in [3.8, 4) is 0 Å². The van der Waals surface area contributed by atoms with Crippen LogP contribution >= 0.6 is 11.6 Å². The van der Waals surface area contributed by atoms with Gasteiger partial charge in [0.05, 0.1) is 11.6 Å². The monoisotopic (exact) mass is 293 g/mol. The molecule has 5 nitrogen and oxygen atoms in total. The standard InChI is InChI=1S/C11H16ClNO4S/c1-17-8-9(6-7-14)13-18(15,16)11-5-3-2-4-10(11)12/h2-5,9,13-14H,6-8H2,1H3. The number of sulfonamides is 1. The summed E-state index contributed by atoms with van der Waals surface area (Å²) < 4.78 is 31.5. The second-order valence-electron chi connectivity index (χ2n) is 3.72. The minimum atomic E-state index is -3.71. The van der Waals surface area contributed by atoms with E-state index in [9.17, 15) is 8.42 Å². The third-order valence-corrected chi connectivity index (χ3v) is 4.31. The lowest BCUT2D eigenvalue weighted by Crippen LogP contribution is -2.38. The van der Waals surface area contributed by atoms with E-state index in [4.69, 9.17) is 21.4 Å². The van der Waals surface area contributed by atoms with Crippen molar-refractivity contribution in [2.24, 2.45) is 0 Å². The quantitative estimate of drug-likeness (QED) is 0.787. The minimum absolute atomic E-state index is 0.0192. The van der Waals surface area contributed by atoms with Gasteiger partial charge < -0.3 is 9.84 Å². The Labute approximate surface area is 112 Å². The molecular weight excluding hydrogens is 278 g/mol. The summed E-state index contributed by atoms with van der Waals surface area (Å²) in [6, 6.07) is 5.70. The molecule has 1 aromatic rings. The van der Waals surface area contributed by atoms with Crippen LogP contribution in [0, 0.1) is 0 Å². The summed E-state index contributed by atoms with van der Waals surface area (Å²) in [4.78, 5) is 0.0192. The lowest BCUT2D eigenvalue weighted by Gasteiger charge is -2.17. The van der Waals surface area contributed by atoms with Crippen LogP contribution in [0.15, 0.2) is 29.2 Å². The summed E-state index contributed by atoms with van der Waals surface area (Å²) in [5, 5.41) is 9.03. The Morgan fingerprint density at radius 2 is 2.11 bits per heavy atom. The Kier molecular flexibility index (Phi) is 6.04. The molecule has 7 heteroatoms. The van der Waals surface area contributed by atoms with Crippen molar-refractivity contribution in [2.45, 2.75) is 17.4 Å². The Hall–Kier alpha value is -0.660. The summed E-state index contributed by atoms with van der Waals surface area (Å²) in [7, 11) is -2.24. The molecule has 0 aliphatic carbocycles. The van der Waals surface area contributed by atoms with Crippen molar-refractivity contribution in [2.75, 3.05) is 20.3 Å². The van der Waals surface area contributed by atoms with Gasteiger partial charge in [-0.25, -0.2) is 13.1 Å². The van der Waals surface area contributed by atoms with Crippen molar-refractivity contribution < 1.29 is 18.3 Å². The van der Waals surface area contributed by atoms with Gasteiger partial charge in [-0.1, -0.05) is 23.7 Å². The van der Waals surface area contributed by atoms with Gasteiger partial charge in [-0.3, -0.25) is 0 Å². The van der Waals surface area contributed by atoms with Gasteiger partial charge in [0.15, 0.2) is 0 Å². The average Bonchev–Trinajstić information content (AvgIpc) is 2.29. The van der Waals surface area contributed by atoms with E-state index >= 15 is 0 Å². The molecule has 0 bridgehead atoms. The molecule has 1 unspecified atom stereocenters. The van der Waals surface area contributed by atoms with Gasteiger partial charge in [0.2, 0.25) is 10.0 Å². The number of hydrogen-bond donors (Lipinski definition) is 2. The van der Waals surface area contributed by atoms with E-state index in [1.54, 1.807) is 12.1 Å². The molecule has 0 aromatic heterocycles. The zero-order valence-electron chi connectivity index (χ0n) is 9.97. The molecule has 1 rings (SSSR count). The van der Waals surface area contributed by atoms with Gasteiger partial charge in [-0.15, -0.1) is 0 Å². The molecule has 1 atom stereocenters. The number of benzene rings is 1. The smallest absolute Gasteiger partial charge is 0.242 e. The van der Waals surface area contributed by atoms with E-state index in [0.717, 1.165) is 0 Å². The maximum Gasteiger partial charge on any atom is 0.242 e. The summed E-state index contributed by atoms with van der Waals surface area (Å²) in [6.07, 6.45) is 0.275. The highest BCUT2D eigenvalue weighted by Crippen LogP contribution is 2.20. The van der Waals surface area contributed by atoms with Crippen molar-refractivity contribution in [3.05, 3.63) is 29.3 Å². The van der Waals surface area contributed by atoms with Crippen LogP contribution in [0.5, 0.6) is 0 Å². The van der Waals surface area contributed by atoms with E-state index in [1.165, 1.54) is 19.2 Å². The zero-order chi connectivity index (χ0) is 13.6. The summed E-state index contributed by atoms with van der Waals surface area (Å²) in [5.41, 5.74) is 0. The SMILES string of the molecule is COCC(CCO)NS(=O)(=O)c1ccccc1Cl. The summed E-state index contributed by atoms with van der Waals surface area (Å²) in [6.45, 7) is 0.0588. The normalized spacial score (nSPS) is 13.5. The fourth-order valence-corrected chi connectivity index (χ4v) is 3.25. The molecule has 1 aromatic carbocycles. The first-order valence-corrected chi connectivity index (χ1v) is 7.24. The molecular formula is C11H16ClNO4S. The van der Waals surface area contributed by atoms with E-state index in [2.05, 4.69) is 4.72 Å². The zero-order valence-corrected chi connectivity index (χ0v) is 11.5. The topological polar surface area (TPSA) is 75.6 Å². The molecule has 2 N–H and O–H groups in total. The third kappa shape index (κ3) is 4.22. The van der Waals surface area contributed by atoms with Crippen LogP contribution in [0.1, 0.15) is 6.42 Å². The Morgan fingerprint density at radius 1 is 1.44 bits per heavy atom. The first kappa shape index (κ1) is 15.4. The van der Waals surface area contributed by atoms with Crippen LogP contribution in [-0.2, 0) is 14.8 Å². The molecule has 0 saturated carbocycles. The largest absolute Gasteiger partial charge is 0.396 e. The average molecular weight is 294 g/mol. The van der Waals surface area contributed by atoms with Gasteiger partial charge in [0, 0.05) is 19.8 Å². The Morgan fingerprint density at radius 3 is 2.67 bits per heavy atom. The molecule has 0 saturated heterocycles. The van der Waals surface area contributed by atoms with Gasteiger partial charge in [0.1, 0.15) is 4.90 Å². The molecule has 0 spiro atoms. The van der Waals surface area contributed by atoms with Gasteiger partial charge >= 0.3 is 0 Å². The number of methoxy groups -OCH3 is 1. The van der Waals surface area contributed by atoms with E-state index in [1.807, 2.05) is 0 Å². The van der Waals surface area contributed by atoms with Crippen LogP contribution < -0.4 is 4.72 Å². The molecule has 0 amide bonds. The third-order valence-electron chi connectivity index (χ3n) is 2.29. The first-order chi connectivity index (χ1) is 8.51. The predicted molar refractivity (Wildman–Crippen MR) is 69.1 cm³/mol. The van der Waals surface area contributed by atoms with Crippen LogP contribution in [0.4, 0.5) is 0 Å². The number of halogens is 1. The predicted octanol–water partition coefficient (Wildman–Crippen LogP) is 1.02. The maximum absolute atomic E-state index is 12.1. The second kappa shape index (κ2) is 7.06. The molecule has 0 fully saturated rings. The molecule has 0 aliphatic rings. The lowest BCUT2D eigenvalue weighted by molar-refractivity contribution is 0.158. The number of aliphatic hydroxyl groups excluding tert-OH is 1. The first-order valence-electron chi connectivity index (χ1n) is 5.38. The summed E-state index contributed by atoms with van der Waals surface area (Å²) in [5.74, 6) is 0. The lowest BCUT2D eigenvalue weighted by atomic mass is 10.2. The number of hydrogen-bond acceptors (Lipinski definition) is 4. The number of nitrogens with one attached hydrogen (secondary N) is 1. The van der Waals surface area contributed by atoms with Gasteiger partial charge in [-0.2, -0.15) is 0 Å². The fourth-order valence-electron chi connectivity index (χ4n) is 1.48. The summed E-state index contributed by atoms with van der Waals surface area (Å²) >= 11 is 5.85. The molecule has 18 heavy (non-hydrogen) atoms. The Balaban J connectivity index is 2.90. The Bertz CT molecular complexity index is 472. The highest BCUT2D eigenvalue weighted by molar-refractivity contribution is 7.89. The molecule has 102 valence electrons. The molecule has 0 aliphatic heterocycles. The van der Waals surface area contributed by atoms with Crippen molar-refractivity contribution in [3.63, 3.8) is 0 Å². The van der Waals surface area contributed by atoms with Crippen LogP contribution in [0.25, 0.3) is 0 Å². The number of rotatable bonds is 7. The fraction of sp³-hybridized carbons (Fsp3) is 0.455. The second-order valence-corrected chi connectivity index (χ2v) is 5.81. The van der Waals surface area contributed by atoms with Gasteiger partial charge in [-0.05, 0) is 18.6 Å². The van der Waals surface area contributed by atoms with E-state index in [0.29, 0.717) is 0 Å². The number of aliphatic hydroxyl groups is 1. The van der Waals surface area contributed by atoms with Gasteiger partial charge in [0.25, 0.3) is 0 Å². The highest BCUT2D eigenvalue weighted by atomic mass is 35.5. The van der Waals surface area contributed by atoms with E-state index in [-0.39, 0.29) is 29.6 Å². The minimum Gasteiger partial charge on any atom is -0.396 e. The van der Waals surface area contributed by atoms with Crippen molar-refractivity contribution in [1.29, 1.82) is 0 Å². The molecule has 0 radical (unpaired) electrons. The van der Waals surface area contributed by atoms with Crippen LogP contribution in [0.2, 0.25) is 5.02 Å². The van der Waals surface area contributed by atoms with Crippen LogP contribution in [-0.4, -0.2) is 39.9 Å². The van der Waals surface area contributed by atoms with Crippen molar-refractivity contribution >= 4 is 21.6 Å². The molecule has 0 heterocycles. The van der Waals surface area contributed by atoms with E-state index < -0.39 is 16.1 Å². The van der Waals surface area contributed by atoms with Crippen LogP contribution in [0.3, 0.4) is 0 Å². The highest BCUT2D eigenvalue weighted by Gasteiger charge is 2.21.